The topological polar surface area (TPSA) is 113 Å². The summed E-state index contributed by atoms with van der Waals surface area (Å²) >= 11 is 0. The van der Waals surface area contributed by atoms with E-state index < -0.39 is 15.1 Å². The number of nitrogens with zero attached hydrogens (tertiary/aromatic N) is 2. The van der Waals surface area contributed by atoms with Crippen LogP contribution in [0.3, 0.4) is 0 Å². The predicted molar refractivity (Wildman–Crippen MR) is 77.3 cm³/mol. The molecule has 1 aromatic rings. The largest absolute Gasteiger partial charge is 0.506 e. The Hall–Kier alpha value is -1.87. The van der Waals surface area contributed by atoms with Gasteiger partial charge in [0.05, 0.1) is 10.6 Å². The number of nitro benzene ring substituents is 1. The van der Waals surface area contributed by atoms with E-state index in [9.17, 15) is 23.6 Å². The number of rotatable bonds is 4. The van der Waals surface area contributed by atoms with Crippen LogP contribution in [0.2, 0.25) is 0 Å². The Labute approximate surface area is 122 Å². The van der Waals surface area contributed by atoms with Crippen LogP contribution in [0.5, 0.6) is 5.75 Å². The summed E-state index contributed by atoms with van der Waals surface area (Å²) < 4.78 is 28.0. The van der Waals surface area contributed by atoms with Crippen molar-refractivity contribution in [3.8, 4) is 5.75 Å². The van der Waals surface area contributed by atoms with Crippen LogP contribution in [0.4, 0.5) is 11.4 Å². The van der Waals surface area contributed by atoms with E-state index in [-0.39, 0.29) is 17.1 Å². The molecule has 1 fully saturated rings. The van der Waals surface area contributed by atoms with Crippen LogP contribution < -0.4 is 4.72 Å². The van der Waals surface area contributed by atoms with E-state index >= 15 is 0 Å². The first-order valence-corrected chi connectivity index (χ1v) is 7.99. The van der Waals surface area contributed by atoms with Gasteiger partial charge in [0.25, 0.3) is 5.69 Å². The number of hydrogen-bond acceptors (Lipinski definition) is 5. The number of aromatic hydroxyl groups is 1. The number of non-ortho nitro benzene ring substituents is 1. The van der Waals surface area contributed by atoms with Gasteiger partial charge in [0.15, 0.2) is 0 Å². The molecule has 1 aliphatic heterocycles. The van der Waals surface area contributed by atoms with Gasteiger partial charge in [0.2, 0.25) is 0 Å². The van der Waals surface area contributed by atoms with Crippen molar-refractivity contribution in [2.24, 2.45) is 5.92 Å². The lowest BCUT2D eigenvalue weighted by atomic mass is 10.0. The van der Waals surface area contributed by atoms with E-state index in [0.29, 0.717) is 19.0 Å². The van der Waals surface area contributed by atoms with E-state index in [4.69, 9.17) is 0 Å². The van der Waals surface area contributed by atoms with Gasteiger partial charge in [-0.1, -0.05) is 6.92 Å². The third kappa shape index (κ3) is 3.61. The minimum atomic E-state index is -3.82. The molecular weight excluding hydrogens is 298 g/mol. The molecule has 2 N–H and O–H groups in total. The maximum absolute atomic E-state index is 12.2. The molecule has 0 amide bonds. The minimum absolute atomic E-state index is 0.192. The molecule has 1 aliphatic rings. The SMILES string of the molecule is CC1CCN(S(=O)(=O)Nc2cc([N+](=O)[O-])ccc2O)CC1. The lowest BCUT2D eigenvalue weighted by Crippen LogP contribution is -2.41. The number of phenolic OH excluding ortho intramolecular Hbond substituents is 1. The second-order valence-corrected chi connectivity index (χ2v) is 6.82. The molecule has 0 bridgehead atoms. The van der Waals surface area contributed by atoms with Crippen LogP contribution in [0, 0.1) is 16.0 Å². The molecule has 0 unspecified atom stereocenters. The van der Waals surface area contributed by atoms with Crippen LogP contribution in [0.1, 0.15) is 19.8 Å². The highest BCUT2D eigenvalue weighted by Crippen LogP contribution is 2.29. The fraction of sp³-hybridized carbons (Fsp3) is 0.500. The van der Waals surface area contributed by atoms with E-state index in [1.807, 2.05) is 0 Å². The monoisotopic (exact) mass is 315 g/mol. The van der Waals surface area contributed by atoms with E-state index in [2.05, 4.69) is 11.6 Å². The predicted octanol–water partition coefficient (Wildman–Crippen LogP) is 1.69. The number of piperidine rings is 1. The average molecular weight is 315 g/mol. The first kappa shape index (κ1) is 15.5. The Bertz CT molecular complexity index is 638. The second kappa shape index (κ2) is 5.86. The van der Waals surface area contributed by atoms with Crippen molar-refractivity contribution < 1.29 is 18.4 Å². The molecular formula is C12H17N3O5S. The Balaban J connectivity index is 2.20. The van der Waals surface area contributed by atoms with Crippen molar-refractivity contribution in [3.05, 3.63) is 28.3 Å². The summed E-state index contributed by atoms with van der Waals surface area (Å²) in [5, 5.41) is 20.4. The standard InChI is InChI=1S/C12H17N3O5S/c1-9-4-6-14(7-5-9)21(19,20)13-11-8-10(15(17)18)2-3-12(11)16/h2-3,8-9,13,16H,4-7H2,1H3. The number of anilines is 1. The van der Waals surface area contributed by atoms with Crippen LogP contribution >= 0.6 is 0 Å². The molecule has 8 nitrogen and oxygen atoms in total. The molecule has 1 saturated heterocycles. The Morgan fingerprint density at radius 2 is 2.00 bits per heavy atom. The summed E-state index contributed by atoms with van der Waals surface area (Å²) in [5.41, 5.74) is -0.486. The first-order valence-electron chi connectivity index (χ1n) is 6.55. The molecule has 116 valence electrons. The zero-order valence-electron chi connectivity index (χ0n) is 11.5. The van der Waals surface area contributed by atoms with Gasteiger partial charge in [0, 0.05) is 25.2 Å². The lowest BCUT2D eigenvalue weighted by Gasteiger charge is -2.29. The molecule has 0 aromatic heterocycles. The molecule has 2 rings (SSSR count). The van der Waals surface area contributed by atoms with Gasteiger partial charge in [-0.2, -0.15) is 12.7 Å². The number of hydrogen-bond donors (Lipinski definition) is 2. The molecule has 1 aromatic carbocycles. The highest BCUT2D eigenvalue weighted by Gasteiger charge is 2.27. The summed E-state index contributed by atoms with van der Waals surface area (Å²) in [5.74, 6) is 0.122. The normalized spacial score (nSPS) is 17.6. The average Bonchev–Trinajstić information content (AvgIpc) is 2.41. The van der Waals surface area contributed by atoms with E-state index in [0.717, 1.165) is 31.0 Å². The second-order valence-electron chi connectivity index (χ2n) is 5.15. The van der Waals surface area contributed by atoms with Crippen LogP contribution in [-0.2, 0) is 10.2 Å². The highest BCUT2D eigenvalue weighted by molar-refractivity contribution is 7.90. The Kier molecular flexibility index (Phi) is 4.33. The fourth-order valence-corrected chi connectivity index (χ4v) is 3.41. The van der Waals surface area contributed by atoms with Gasteiger partial charge in [0.1, 0.15) is 5.75 Å². The fourth-order valence-electron chi connectivity index (χ4n) is 2.15. The highest BCUT2D eigenvalue weighted by atomic mass is 32.2. The van der Waals surface area contributed by atoms with Gasteiger partial charge < -0.3 is 5.11 Å². The quantitative estimate of drug-likeness (QED) is 0.498. The molecule has 0 atom stereocenters. The van der Waals surface area contributed by atoms with Gasteiger partial charge in [-0.05, 0) is 24.8 Å². The van der Waals surface area contributed by atoms with Crippen LogP contribution in [0.15, 0.2) is 18.2 Å². The molecule has 0 spiro atoms. The summed E-state index contributed by atoms with van der Waals surface area (Å²) in [6, 6.07) is 3.20. The Morgan fingerprint density at radius 1 is 1.38 bits per heavy atom. The maximum Gasteiger partial charge on any atom is 0.301 e. The molecule has 1 heterocycles. The number of nitro groups is 1. The smallest absolute Gasteiger partial charge is 0.301 e. The van der Waals surface area contributed by atoms with Crippen molar-refractivity contribution in [2.75, 3.05) is 17.8 Å². The molecule has 0 saturated carbocycles. The summed E-state index contributed by atoms with van der Waals surface area (Å²) in [6.45, 7) is 2.85. The van der Waals surface area contributed by atoms with Crippen molar-refractivity contribution in [1.82, 2.24) is 4.31 Å². The first-order chi connectivity index (χ1) is 9.79. The molecule has 0 aliphatic carbocycles. The number of benzene rings is 1. The summed E-state index contributed by atoms with van der Waals surface area (Å²) in [7, 11) is -3.82. The summed E-state index contributed by atoms with van der Waals surface area (Å²) in [6.07, 6.45) is 1.53. The van der Waals surface area contributed by atoms with Crippen LogP contribution in [0.25, 0.3) is 0 Å². The van der Waals surface area contributed by atoms with Gasteiger partial charge in [-0.15, -0.1) is 0 Å². The Morgan fingerprint density at radius 3 is 2.57 bits per heavy atom. The number of nitrogens with one attached hydrogen (secondary N) is 1. The van der Waals surface area contributed by atoms with E-state index in [1.165, 1.54) is 4.31 Å². The lowest BCUT2D eigenvalue weighted by molar-refractivity contribution is -0.384. The third-order valence-electron chi connectivity index (χ3n) is 3.51. The maximum atomic E-state index is 12.2. The van der Waals surface area contributed by atoms with Gasteiger partial charge >= 0.3 is 10.2 Å². The van der Waals surface area contributed by atoms with Crippen molar-refractivity contribution >= 4 is 21.6 Å². The van der Waals surface area contributed by atoms with Crippen LogP contribution in [-0.4, -0.2) is 35.8 Å². The van der Waals surface area contributed by atoms with Gasteiger partial charge in [-0.25, -0.2) is 0 Å². The number of phenols is 1. The van der Waals surface area contributed by atoms with Crippen molar-refractivity contribution in [1.29, 1.82) is 0 Å². The van der Waals surface area contributed by atoms with Crippen molar-refractivity contribution in [3.63, 3.8) is 0 Å². The van der Waals surface area contributed by atoms with Gasteiger partial charge in [-0.3, -0.25) is 14.8 Å². The summed E-state index contributed by atoms with van der Waals surface area (Å²) in [4.78, 5) is 10.1. The molecule has 21 heavy (non-hydrogen) atoms. The third-order valence-corrected chi connectivity index (χ3v) is 5.04. The van der Waals surface area contributed by atoms with E-state index in [1.54, 1.807) is 0 Å². The zero-order chi connectivity index (χ0) is 15.6. The zero-order valence-corrected chi connectivity index (χ0v) is 12.3. The minimum Gasteiger partial charge on any atom is -0.506 e. The molecule has 0 radical (unpaired) electrons. The van der Waals surface area contributed by atoms with Crippen molar-refractivity contribution in [2.45, 2.75) is 19.8 Å². The molecule has 9 heteroatoms.